The van der Waals surface area contributed by atoms with E-state index in [0.717, 1.165) is 39.0 Å². The molecule has 2 aromatic heterocycles. The third-order valence-corrected chi connectivity index (χ3v) is 7.00. The summed E-state index contributed by atoms with van der Waals surface area (Å²) in [5.41, 5.74) is 3.27. The lowest BCUT2D eigenvalue weighted by Gasteiger charge is -2.30. The van der Waals surface area contributed by atoms with E-state index < -0.39 is 0 Å². The Morgan fingerprint density at radius 3 is 2.79 bits per heavy atom. The standard InChI is InChI=1S/C27H21N3O2S/c1-31-19-8-4-7-18(14-19)23-24-21-10-3-2-6-17(21)11-12-22(24)32-27-25(23)26(28)30(16-29-27)15-20-9-5-13-33-20/h2-14,16,23,28H,15H2,1H3. The Kier molecular flexibility index (Phi) is 4.73. The molecule has 0 saturated carbocycles. The van der Waals surface area contributed by atoms with Crippen molar-refractivity contribution in [3.05, 3.63) is 112 Å². The lowest BCUT2D eigenvalue weighted by molar-refractivity contribution is 0.412. The van der Waals surface area contributed by atoms with Crippen LogP contribution < -0.4 is 15.0 Å². The van der Waals surface area contributed by atoms with E-state index in [0.29, 0.717) is 17.9 Å². The Morgan fingerprint density at radius 1 is 1.03 bits per heavy atom. The van der Waals surface area contributed by atoms with Gasteiger partial charge in [0.05, 0.1) is 19.2 Å². The lowest BCUT2D eigenvalue weighted by Crippen LogP contribution is -2.30. The van der Waals surface area contributed by atoms with Crippen molar-refractivity contribution in [3.63, 3.8) is 0 Å². The number of ether oxygens (including phenoxy) is 2. The van der Waals surface area contributed by atoms with Gasteiger partial charge in [-0.2, -0.15) is 0 Å². The molecule has 33 heavy (non-hydrogen) atoms. The van der Waals surface area contributed by atoms with E-state index in [9.17, 15) is 5.41 Å². The van der Waals surface area contributed by atoms with Gasteiger partial charge in [0.2, 0.25) is 5.88 Å². The molecule has 1 aliphatic rings. The molecule has 1 unspecified atom stereocenters. The lowest BCUT2D eigenvalue weighted by atomic mass is 9.81. The molecule has 3 heterocycles. The predicted molar refractivity (Wildman–Crippen MR) is 129 cm³/mol. The van der Waals surface area contributed by atoms with Crippen molar-refractivity contribution >= 4 is 22.1 Å². The van der Waals surface area contributed by atoms with Gasteiger partial charge in [-0.3, -0.25) is 5.41 Å². The Hall–Kier alpha value is -3.90. The molecule has 0 bridgehead atoms. The van der Waals surface area contributed by atoms with Crippen molar-refractivity contribution in [2.24, 2.45) is 0 Å². The van der Waals surface area contributed by atoms with Crippen molar-refractivity contribution in [3.8, 4) is 17.4 Å². The summed E-state index contributed by atoms with van der Waals surface area (Å²) in [6.07, 6.45) is 1.70. The second-order valence-corrected chi connectivity index (χ2v) is 9.06. The number of hydrogen-bond donors (Lipinski definition) is 1. The number of rotatable bonds is 4. The molecule has 0 amide bonds. The van der Waals surface area contributed by atoms with E-state index in [1.54, 1.807) is 24.8 Å². The average Bonchev–Trinajstić information content (AvgIpc) is 3.37. The van der Waals surface area contributed by atoms with Crippen LogP contribution in [0.25, 0.3) is 10.8 Å². The van der Waals surface area contributed by atoms with Gasteiger partial charge in [0.15, 0.2) is 0 Å². The van der Waals surface area contributed by atoms with Crippen molar-refractivity contribution in [2.75, 3.05) is 7.11 Å². The van der Waals surface area contributed by atoms with Gasteiger partial charge in [0.25, 0.3) is 0 Å². The quantitative estimate of drug-likeness (QED) is 0.362. The highest BCUT2D eigenvalue weighted by Gasteiger charge is 2.33. The fourth-order valence-corrected chi connectivity index (χ4v) is 5.31. The molecule has 1 atom stereocenters. The number of thiophene rings is 1. The number of nitrogens with zero attached hydrogens (tertiary/aromatic N) is 2. The molecule has 1 N–H and O–H groups in total. The van der Waals surface area contributed by atoms with Crippen LogP contribution in [0.15, 0.2) is 84.5 Å². The van der Waals surface area contributed by atoms with Crippen LogP contribution in [0, 0.1) is 5.41 Å². The number of hydrogen-bond acceptors (Lipinski definition) is 5. The SMILES string of the molecule is COc1cccc(C2c3c(ncn(Cc4cccs4)c3=N)Oc3ccc4ccccc4c32)c1. The van der Waals surface area contributed by atoms with Crippen LogP contribution in [-0.4, -0.2) is 16.7 Å². The first-order chi connectivity index (χ1) is 16.2. The maximum atomic E-state index is 9.17. The van der Waals surface area contributed by atoms with Crippen LogP contribution in [0.1, 0.15) is 27.5 Å². The molecule has 0 fully saturated rings. The van der Waals surface area contributed by atoms with E-state index in [4.69, 9.17) is 9.47 Å². The Balaban J connectivity index is 1.63. The monoisotopic (exact) mass is 451 g/mol. The fraction of sp³-hybridized carbons (Fsp3) is 0.111. The van der Waals surface area contributed by atoms with Gasteiger partial charge in [0, 0.05) is 16.4 Å². The molecule has 0 spiro atoms. The molecule has 3 aromatic carbocycles. The van der Waals surface area contributed by atoms with Crippen LogP contribution in [0.3, 0.4) is 0 Å². The smallest absolute Gasteiger partial charge is 0.228 e. The van der Waals surface area contributed by atoms with Crippen LogP contribution in [0.2, 0.25) is 0 Å². The summed E-state index contributed by atoms with van der Waals surface area (Å²) in [6.45, 7) is 0.601. The highest BCUT2D eigenvalue weighted by Crippen LogP contribution is 2.48. The zero-order valence-corrected chi connectivity index (χ0v) is 18.8. The van der Waals surface area contributed by atoms with Crippen LogP contribution in [-0.2, 0) is 6.54 Å². The summed E-state index contributed by atoms with van der Waals surface area (Å²) in [6, 6.07) is 24.6. The van der Waals surface area contributed by atoms with Crippen molar-refractivity contribution < 1.29 is 9.47 Å². The molecule has 6 heteroatoms. The highest BCUT2D eigenvalue weighted by atomic mass is 32.1. The second-order valence-electron chi connectivity index (χ2n) is 8.03. The average molecular weight is 452 g/mol. The maximum absolute atomic E-state index is 9.17. The molecule has 1 aliphatic heterocycles. The third-order valence-electron chi connectivity index (χ3n) is 6.14. The summed E-state index contributed by atoms with van der Waals surface area (Å²) in [5, 5.41) is 13.5. The topological polar surface area (TPSA) is 60.1 Å². The maximum Gasteiger partial charge on any atom is 0.228 e. The van der Waals surface area contributed by atoms with Gasteiger partial charge in [-0.15, -0.1) is 11.3 Å². The zero-order chi connectivity index (χ0) is 22.4. The fourth-order valence-electron chi connectivity index (χ4n) is 4.60. The number of aromatic nitrogens is 2. The number of fused-ring (bicyclic) bond motifs is 4. The van der Waals surface area contributed by atoms with Gasteiger partial charge in [-0.25, -0.2) is 4.98 Å². The summed E-state index contributed by atoms with van der Waals surface area (Å²) < 4.78 is 13.7. The minimum absolute atomic E-state index is 0.208. The van der Waals surface area contributed by atoms with E-state index in [1.807, 2.05) is 47.0 Å². The normalized spacial score (nSPS) is 14.4. The second kappa shape index (κ2) is 7.90. The minimum Gasteiger partial charge on any atom is -0.497 e. The third kappa shape index (κ3) is 3.31. The summed E-state index contributed by atoms with van der Waals surface area (Å²) in [4.78, 5) is 5.83. The van der Waals surface area contributed by atoms with E-state index >= 15 is 0 Å². The molecular formula is C27H21N3O2S. The molecule has 0 saturated heterocycles. The van der Waals surface area contributed by atoms with E-state index in [2.05, 4.69) is 40.7 Å². The molecule has 6 rings (SSSR count). The number of benzene rings is 3. The van der Waals surface area contributed by atoms with Crippen LogP contribution >= 0.6 is 11.3 Å². The molecular weight excluding hydrogens is 430 g/mol. The van der Waals surface area contributed by atoms with Crippen molar-refractivity contribution in [1.29, 1.82) is 5.41 Å². The van der Waals surface area contributed by atoms with Gasteiger partial charge in [0.1, 0.15) is 23.3 Å². The molecule has 0 radical (unpaired) electrons. The zero-order valence-electron chi connectivity index (χ0n) is 18.0. The number of nitrogens with one attached hydrogen (secondary N) is 1. The number of methoxy groups -OCH3 is 1. The first-order valence-electron chi connectivity index (χ1n) is 10.7. The minimum atomic E-state index is -0.208. The van der Waals surface area contributed by atoms with Crippen molar-refractivity contribution in [1.82, 2.24) is 9.55 Å². The summed E-state index contributed by atoms with van der Waals surface area (Å²) in [7, 11) is 1.67. The van der Waals surface area contributed by atoms with Gasteiger partial charge < -0.3 is 14.0 Å². The molecule has 5 nitrogen and oxygen atoms in total. The van der Waals surface area contributed by atoms with Gasteiger partial charge in [-0.05, 0) is 46.0 Å². The van der Waals surface area contributed by atoms with E-state index in [-0.39, 0.29) is 5.92 Å². The van der Waals surface area contributed by atoms with Crippen LogP contribution in [0.5, 0.6) is 17.4 Å². The molecule has 5 aromatic rings. The highest BCUT2D eigenvalue weighted by molar-refractivity contribution is 7.09. The largest absolute Gasteiger partial charge is 0.497 e. The Labute approximate surface area is 195 Å². The van der Waals surface area contributed by atoms with Crippen molar-refractivity contribution in [2.45, 2.75) is 12.5 Å². The molecule has 0 aliphatic carbocycles. The first kappa shape index (κ1) is 19.8. The van der Waals surface area contributed by atoms with Gasteiger partial charge in [-0.1, -0.05) is 48.5 Å². The summed E-state index contributed by atoms with van der Waals surface area (Å²) in [5.74, 6) is 1.83. The van der Waals surface area contributed by atoms with E-state index in [1.165, 1.54) is 4.88 Å². The van der Waals surface area contributed by atoms with Crippen LogP contribution in [0.4, 0.5) is 0 Å². The summed E-state index contributed by atoms with van der Waals surface area (Å²) >= 11 is 1.68. The first-order valence-corrected chi connectivity index (χ1v) is 11.6. The Morgan fingerprint density at radius 2 is 1.94 bits per heavy atom. The van der Waals surface area contributed by atoms with Gasteiger partial charge >= 0.3 is 0 Å². The Bertz CT molecular complexity index is 1540. The predicted octanol–water partition coefficient (Wildman–Crippen LogP) is 5.92. The molecule has 162 valence electrons.